The molecule has 118 valence electrons. The van der Waals surface area contributed by atoms with Crippen LogP contribution in [0.4, 0.5) is 0 Å². The molecule has 2 aromatic carbocycles. The number of benzene rings is 2. The largest absolute Gasteiger partial charge is 0.493 e. The Balaban J connectivity index is 2.04. The lowest BCUT2D eigenvalue weighted by Gasteiger charge is -2.14. The van der Waals surface area contributed by atoms with Gasteiger partial charge in [-0.3, -0.25) is 0 Å². The van der Waals surface area contributed by atoms with Crippen LogP contribution in [0.3, 0.4) is 0 Å². The van der Waals surface area contributed by atoms with Crippen molar-refractivity contribution in [1.29, 1.82) is 0 Å². The summed E-state index contributed by atoms with van der Waals surface area (Å²) in [6.07, 6.45) is 1.12. The monoisotopic (exact) mass is 299 g/mol. The van der Waals surface area contributed by atoms with E-state index in [-0.39, 0.29) is 0 Å². The SMILES string of the molecule is CCC(C)NCc1ccc(OC)c(OCc2ccccc2)c1. The van der Waals surface area contributed by atoms with Crippen LogP contribution in [0.5, 0.6) is 11.5 Å². The van der Waals surface area contributed by atoms with Gasteiger partial charge in [0.2, 0.25) is 0 Å². The highest BCUT2D eigenvalue weighted by Crippen LogP contribution is 2.28. The van der Waals surface area contributed by atoms with Gasteiger partial charge in [-0.1, -0.05) is 43.3 Å². The molecule has 0 aliphatic carbocycles. The van der Waals surface area contributed by atoms with E-state index in [1.165, 1.54) is 5.56 Å². The lowest BCUT2D eigenvalue weighted by Crippen LogP contribution is -2.24. The molecule has 22 heavy (non-hydrogen) atoms. The molecule has 1 atom stereocenters. The van der Waals surface area contributed by atoms with Crippen LogP contribution in [0.15, 0.2) is 48.5 Å². The van der Waals surface area contributed by atoms with Crippen LogP contribution in [0.25, 0.3) is 0 Å². The lowest BCUT2D eigenvalue weighted by molar-refractivity contribution is 0.284. The Hall–Kier alpha value is -2.00. The van der Waals surface area contributed by atoms with Gasteiger partial charge in [0.15, 0.2) is 11.5 Å². The van der Waals surface area contributed by atoms with Crippen LogP contribution in [-0.4, -0.2) is 13.2 Å². The normalized spacial score (nSPS) is 12.0. The van der Waals surface area contributed by atoms with Crippen molar-refractivity contribution in [2.24, 2.45) is 0 Å². The molecule has 0 spiro atoms. The molecule has 0 saturated heterocycles. The molecule has 1 N–H and O–H groups in total. The second-order valence-corrected chi connectivity index (χ2v) is 5.45. The molecule has 3 heteroatoms. The molecule has 0 saturated carbocycles. The smallest absolute Gasteiger partial charge is 0.161 e. The first-order valence-electron chi connectivity index (χ1n) is 7.80. The fourth-order valence-corrected chi connectivity index (χ4v) is 2.12. The van der Waals surface area contributed by atoms with Gasteiger partial charge in [0.1, 0.15) is 6.61 Å². The van der Waals surface area contributed by atoms with Crippen LogP contribution >= 0.6 is 0 Å². The maximum absolute atomic E-state index is 5.94. The van der Waals surface area contributed by atoms with Crippen LogP contribution in [-0.2, 0) is 13.2 Å². The molecule has 0 aliphatic heterocycles. The molecule has 0 bridgehead atoms. The molecule has 0 aromatic heterocycles. The zero-order chi connectivity index (χ0) is 15.8. The summed E-state index contributed by atoms with van der Waals surface area (Å²) in [6.45, 7) is 5.75. The van der Waals surface area contributed by atoms with Crippen molar-refractivity contribution < 1.29 is 9.47 Å². The predicted octanol–water partition coefficient (Wildman–Crippen LogP) is 4.16. The number of hydrogen-bond donors (Lipinski definition) is 1. The highest BCUT2D eigenvalue weighted by atomic mass is 16.5. The Kier molecular flexibility index (Phi) is 6.28. The summed E-state index contributed by atoms with van der Waals surface area (Å²) in [6, 6.07) is 16.8. The van der Waals surface area contributed by atoms with Gasteiger partial charge < -0.3 is 14.8 Å². The molecule has 2 rings (SSSR count). The van der Waals surface area contributed by atoms with Crippen molar-refractivity contribution in [3.63, 3.8) is 0 Å². The van der Waals surface area contributed by atoms with Gasteiger partial charge in [0.05, 0.1) is 7.11 Å². The molecule has 0 aliphatic rings. The fraction of sp³-hybridized carbons (Fsp3) is 0.368. The third-order valence-corrected chi connectivity index (χ3v) is 3.73. The summed E-state index contributed by atoms with van der Waals surface area (Å²) in [5.41, 5.74) is 2.34. The third kappa shape index (κ3) is 4.78. The van der Waals surface area contributed by atoms with Crippen molar-refractivity contribution >= 4 is 0 Å². The molecular weight excluding hydrogens is 274 g/mol. The van der Waals surface area contributed by atoms with Gasteiger partial charge in [-0.15, -0.1) is 0 Å². The third-order valence-electron chi connectivity index (χ3n) is 3.73. The zero-order valence-electron chi connectivity index (χ0n) is 13.6. The first kappa shape index (κ1) is 16.4. The van der Waals surface area contributed by atoms with E-state index in [1.807, 2.05) is 24.3 Å². The molecule has 3 nitrogen and oxygen atoms in total. The van der Waals surface area contributed by atoms with E-state index >= 15 is 0 Å². The molecule has 1 unspecified atom stereocenters. The first-order valence-corrected chi connectivity index (χ1v) is 7.80. The second-order valence-electron chi connectivity index (χ2n) is 5.45. The number of methoxy groups -OCH3 is 1. The number of ether oxygens (including phenoxy) is 2. The van der Waals surface area contributed by atoms with Crippen molar-refractivity contribution in [1.82, 2.24) is 5.32 Å². The summed E-state index contributed by atoms with van der Waals surface area (Å²) in [5, 5.41) is 3.49. The second kappa shape index (κ2) is 8.44. The maximum atomic E-state index is 5.94. The van der Waals surface area contributed by atoms with Gasteiger partial charge >= 0.3 is 0 Å². The number of nitrogens with one attached hydrogen (secondary N) is 1. The van der Waals surface area contributed by atoms with Crippen LogP contribution < -0.4 is 14.8 Å². The molecule has 0 fully saturated rings. The number of hydrogen-bond acceptors (Lipinski definition) is 3. The predicted molar refractivity (Wildman–Crippen MR) is 90.4 cm³/mol. The Morgan fingerprint density at radius 1 is 1.00 bits per heavy atom. The molecule has 2 aromatic rings. The van der Waals surface area contributed by atoms with Crippen molar-refractivity contribution in [3.05, 3.63) is 59.7 Å². The minimum atomic E-state index is 0.510. The van der Waals surface area contributed by atoms with E-state index in [9.17, 15) is 0 Å². The topological polar surface area (TPSA) is 30.5 Å². The molecule has 0 heterocycles. The van der Waals surface area contributed by atoms with Gasteiger partial charge in [-0.05, 0) is 36.6 Å². The van der Waals surface area contributed by atoms with Gasteiger partial charge in [0.25, 0.3) is 0 Å². The highest BCUT2D eigenvalue weighted by molar-refractivity contribution is 5.43. The number of rotatable bonds is 8. The van der Waals surface area contributed by atoms with E-state index in [0.717, 1.165) is 30.0 Å². The minimum Gasteiger partial charge on any atom is -0.493 e. The Labute approximate surface area is 133 Å². The summed E-state index contributed by atoms with van der Waals surface area (Å²) in [4.78, 5) is 0. The van der Waals surface area contributed by atoms with Gasteiger partial charge in [-0.2, -0.15) is 0 Å². The summed E-state index contributed by atoms with van der Waals surface area (Å²) in [7, 11) is 1.67. The van der Waals surface area contributed by atoms with E-state index in [1.54, 1.807) is 7.11 Å². The maximum Gasteiger partial charge on any atom is 0.161 e. The standard InChI is InChI=1S/C19H25NO2/c1-4-15(2)20-13-17-10-11-18(21-3)19(12-17)22-14-16-8-6-5-7-9-16/h5-12,15,20H,4,13-14H2,1-3H3. The Morgan fingerprint density at radius 2 is 1.77 bits per heavy atom. The van der Waals surface area contributed by atoms with Crippen molar-refractivity contribution in [3.8, 4) is 11.5 Å². The zero-order valence-corrected chi connectivity index (χ0v) is 13.6. The average Bonchev–Trinajstić information content (AvgIpc) is 2.58. The van der Waals surface area contributed by atoms with Crippen molar-refractivity contribution in [2.75, 3.05) is 7.11 Å². The lowest BCUT2D eigenvalue weighted by atomic mass is 10.1. The molecule has 0 radical (unpaired) electrons. The molecule has 0 amide bonds. The van der Waals surface area contributed by atoms with E-state index < -0.39 is 0 Å². The Bertz CT molecular complexity index is 569. The van der Waals surface area contributed by atoms with E-state index in [2.05, 4.69) is 43.4 Å². The van der Waals surface area contributed by atoms with Gasteiger partial charge in [-0.25, -0.2) is 0 Å². The fourth-order valence-electron chi connectivity index (χ4n) is 2.12. The molecular formula is C19H25NO2. The summed E-state index contributed by atoms with van der Waals surface area (Å²) >= 11 is 0. The highest BCUT2D eigenvalue weighted by Gasteiger charge is 2.07. The van der Waals surface area contributed by atoms with Crippen LogP contribution in [0.2, 0.25) is 0 Å². The Morgan fingerprint density at radius 3 is 2.45 bits per heavy atom. The minimum absolute atomic E-state index is 0.510. The summed E-state index contributed by atoms with van der Waals surface area (Å²) < 4.78 is 11.3. The quantitative estimate of drug-likeness (QED) is 0.794. The first-order chi connectivity index (χ1) is 10.7. The van der Waals surface area contributed by atoms with E-state index in [0.29, 0.717) is 12.6 Å². The van der Waals surface area contributed by atoms with Crippen LogP contribution in [0.1, 0.15) is 31.4 Å². The van der Waals surface area contributed by atoms with Crippen LogP contribution in [0, 0.1) is 0 Å². The summed E-state index contributed by atoms with van der Waals surface area (Å²) in [5.74, 6) is 1.55. The van der Waals surface area contributed by atoms with Crippen molar-refractivity contribution in [2.45, 2.75) is 39.5 Å². The van der Waals surface area contributed by atoms with E-state index in [4.69, 9.17) is 9.47 Å². The average molecular weight is 299 g/mol. The van der Waals surface area contributed by atoms with Gasteiger partial charge in [0, 0.05) is 12.6 Å².